The van der Waals surface area contributed by atoms with Gasteiger partial charge in [-0.05, 0) is 49.7 Å². The minimum absolute atomic E-state index is 0.0793. The van der Waals surface area contributed by atoms with Gasteiger partial charge in [-0.15, -0.1) is 0 Å². The minimum Gasteiger partial charge on any atom is -0.378 e. The fourth-order valence-electron chi connectivity index (χ4n) is 4.75. The monoisotopic (exact) mass is 382 g/mol. The van der Waals surface area contributed by atoms with Crippen LogP contribution in [-0.2, 0) is 20.7 Å². The van der Waals surface area contributed by atoms with Gasteiger partial charge in [0.05, 0.1) is 18.1 Å². The van der Waals surface area contributed by atoms with E-state index in [-0.39, 0.29) is 11.5 Å². The lowest BCUT2D eigenvalue weighted by molar-refractivity contribution is -0.161. The molecule has 1 aromatic carbocycles. The molecule has 2 aliphatic heterocycles. The van der Waals surface area contributed by atoms with E-state index in [4.69, 9.17) is 9.47 Å². The number of ether oxygens (including phenoxy) is 2. The first-order chi connectivity index (χ1) is 13.7. The molecule has 3 aliphatic rings. The molecule has 1 unspecified atom stereocenters. The number of likely N-dealkylation sites (tertiary alicyclic amines) is 1. The number of aromatic nitrogens is 1. The topological polar surface area (TPSA) is 54.6 Å². The number of carbonyl (C=O) groups excluding carboxylic acids is 1. The Balaban J connectivity index is 1.16. The van der Waals surface area contributed by atoms with Crippen molar-refractivity contribution in [3.05, 3.63) is 36.0 Å². The smallest absolute Gasteiger partial charge is 0.227 e. The van der Waals surface area contributed by atoms with E-state index in [1.165, 1.54) is 12.8 Å². The van der Waals surface area contributed by atoms with Crippen molar-refractivity contribution in [1.82, 2.24) is 9.88 Å². The van der Waals surface area contributed by atoms with E-state index in [0.717, 1.165) is 74.4 Å². The molecular weight excluding hydrogens is 352 g/mol. The third kappa shape index (κ3) is 3.83. The summed E-state index contributed by atoms with van der Waals surface area (Å²) in [7, 11) is 0. The molecule has 1 amide bonds. The number of nitrogens with one attached hydrogen (secondary N) is 1. The molecule has 0 bridgehead atoms. The van der Waals surface area contributed by atoms with Gasteiger partial charge in [0.15, 0.2) is 0 Å². The number of H-pyrrole nitrogens is 1. The molecule has 28 heavy (non-hydrogen) atoms. The van der Waals surface area contributed by atoms with Crippen molar-refractivity contribution in [1.29, 1.82) is 0 Å². The predicted molar refractivity (Wildman–Crippen MR) is 108 cm³/mol. The Morgan fingerprint density at radius 3 is 2.86 bits per heavy atom. The lowest BCUT2D eigenvalue weighted by Gasteiger charge is -2.46. The van der Waals surface area contributed by atoms with E-state index in [0.29, 0.717) is 12.5 Å². The summed E-state index contributed by atoms with van der Waals surface area (Å²) < 4.78 is 12.4. The molecule has 3 fully saturated rings. The molecule has 150 valence electrons. The number of fused-ring (bicyclic) bond motifs is 1. The molecule has 5 nitrogen and oxygen atoms in total. The van der Waals surface area contributed by atoms with E-state index < -0.39 is 0 Å². The number of carbonyl (C=O) groups is 1. The highest BCUT2D eigenvalue weighted by Gasteiger charge is 2.41. The van der Waals surface area contributed by atoms with E-state index in [1.54, 1.807) is 0 Å². The van der Waals surface area contributed by atoms with Gasteiger partial charge in [0.2, 0.25) is 5.91 Å². The van der Waals surface area contributed by atoms with Crippen LogP contribution >= 0.6 is 0 Å². The molecule has 0 radical (unpaired) electrons. The van der Waals surface area contributed by atoms with Crippen molar-refractivity contribution in [2.45, 2.75) is 56.7 Å². The molecule has 3 heterocycles. The van der Waals surface area contributed by atoms with Crippen molar-refractivity contribution in [3.8, 4) is 0 Å². The third-order valence-corrected chi connectivity index (χ3v) is 6.76. The zero-order valence-corrected chi connectivity index (χ0v) is 16.5. The van der Waals surface area contributed by atoms with Crippen LogP contribution in [0.4, 0.5) is 0 Å². The van der Waals surface area contributed by atoms with Gasteiger partial charge >= 0.3 is 0 Å². The number of hydrogen-bond acceptors (Lipinski definition) is 3. The highest BCUT2D eigenvalue weighted by Crippen LogP contribution is 2.37. The summed E-state index contributed by atoms with van der Waals surface area (Å²) in [5.41, 5.74) is 2.10. The summed E-state index contributed by atoms with van der Waals surface area (Å²) in [4.78, 5) is 18.2. The van der Waals surface area contributed by atoms with E-state index in [1.807, 2.05) is 23.2 Å². The quantitative estimate of drug-likeness (QED) is 0.858. The van der Waals surface area contributed by atoms with Gasteiger partial charge in [-0.25, -0.2) is 0 Å². The number of nitrogens with zero attached hydrogens (tertiary/aromatic N) is 1. The summed E-state index contributed by atoms with van der Waals surface area (Å²) in [5, 5.41) is 1.15. The van der Waals surface area contributed by atoms with Gasteiger partial charge in [0.25, 0.3) is 0 Å². The zero-order chi connectivity index (χ0) is 19.0. The van der Waals surface area contributed by atoms with Crippen LogP contribution in [0.1, 0.15) is 44.1 Å². The van der Waals surface area contributed by atoms with Gasteiger partial charge in [-0.1, -0.05) is 18.2 Å². The molecule has 1 atom stereocenters. The van der Waals surface area contributed by atoms with E-state index >= 15 is 0 Å². The normalized spacial score (nSPS) is 24.7. The summed E-state index contributed by atoms with van der Waals surface area (Å²) in [5.74, 6) is 1.03. The van der Waals surface area contributed by atoms with Crippen LogP contribution in [-0.4, -0.2) is 53.8 Å². The number of para-hydroxylation sites is 1. The molecule has 2 saturated heterocycles. The van der Waals surface area contributed by atoms with Crippen LogP contribution in [0.15, 0.2) is 30.5 Å². The lowest BCUT2D eigenvalue weighted by atomic mass is 9.83. The Morgan fingerprint density at radius 2 is 2.04 bits per heavy atom. The van der Waals surface area contributed by atoms with Gasteiger partial charge in [-0.3, -0.25) is 4.79 Å². The zero-order valence-electron chi connectivity index (χ0n) is 16.5. The number of benzene rings is 1. The maximum atomic E-state index is 12.9. The third-order valence-electron chi connectivity index (χ3n) is 6.76. The summed E-state index contributed by atoms with van der Waals surface area (Å²) >= 11 is 0. The minimum atomic E-state index is -0.0793. The maximum Gasteiger partial charge on any atom is 0.227 e. The maximum absolute atomic E-state index is 12.9. The van der Waals surface area contributed by atoms with Gasteiger partial charge in [-0.2, -0.15) is 0 Å². The molecular formula is C23H30N2O3. The van der Waals surface area contributed by atoms with E-state index in [2.05, 4.69) is 17.1 Å². The summed E-state index contributed by atoms with van der Waals surface area (Å²) in [6.45, 7) is 3.29. The standard InChI is InChI=1S/C23H30N2O3/c26-22(13-18-15-24-21-4-2-1-3-20(18)21)25-10-8-23(9-11-25)14-19(7-12-28-23)27-16-17-5-6-17/h1-4,15,17,19,24H,5-14,16H2. The second-order valence-corrected chi connectivity index (χ2v) is 8.84. The first-order valence-electron chi connectivity index (χ1n) is 10.8. The molecule has 5 rings (SSSR count). The van der Waals surface area contributed by atoms with Crippen LogP contribution in [0.2, 0.25) is 0 Å². The molecule has 1 N–H and O–H groups in total. The number of rotatable bonds is 5. The van der Waals surface area contributed by atoms with Crippen molar-refractivity contribution < 1.29 is 14.3 Å². The fraction of sp³-hybridized carbons (Fsp3) is 0.609. The van der Waals surface area contributed by atoms with Crippen LogP contribution < -0.4 is 0 Å². The van der Waals surface area contributed by atoms with Crippen molar-refractivity contribution in [2.24, 2.45) is 5.92 Å². The molecule has 2 aromatic rings. The second kappa shape index (κ2) is 7.53. The van der Waals surface area contributed by atoms with Crippen LogP contribution in [0.25, 0.3) is 10.9 Å². The number of amides is 1. The number of hydrogen-bond donors (Lipinski definition) is 1. The predicted octanol–water partition coefficient (Wildman–Crippen LogP) is 3.68. The van der Waals surface area contributed by atoms with Crippen molar-refractivity contribution in [3.63, 3.8) is 0 Å². The fourth-order valence-corrected chi connectivity index (χ4v) is 4.75. The van der Waals surface area contributed by atoms with Gasteiger partial charge < -0.3 is 19.4 Å². The SMILES string of the molecule is O=C(Cc1c[nH]c2ccccc12)N1CCC2(CC1)CC(OCC1CC1)CCO2. The molecule has 1 aromatic heterocycles. The highest BCUT2D eigenvalue weighted by molar-refractivity contribution is 5.88. The Kier molecular flexibility index (Phi) is 4.89. The Labute approximate surface area is 166 Å². The lowest BCUT2D eigenvalue weighted by Crippen LogP contribution is -2.52. The largest absolute Gasteiger partial charge is 0.378 e. The first kappa shape index (κ1) is 18.2. The van der Waals surface area contributed by atoms with Crippen LogP contribution in [0.3, 0.4) is 0 Å². The molecule has 1 saturated carbocycles. The molecule has 5 heteroatoms. The number of piperidine rings is 1. The molecule has 1 spiro atoms. The van der Waals surface area contributed by atoms with Crippen LogP contribution in [0.5, 0.6) is 0 Å². The first-order valence-corrected chi connectivity index (χ1v) is 10.8. The summed E-state index contributed by atoms with van der Waals surface area (Å²) in [6.07, 6.45) is 9.30. The Bertz CT molecular complexity index is 833. The average molecular weight is 383 g/mol. The van der Waals surface area contributed by atoms with Crippen LogP contribution in [0, 0.1) is 5.92 Å². The number of aromatic amines is 1. The van der Waals surface area contributed by atoms with E-state index in [9.17, 15) is 4.79 Å². The highest BCUT2D eigenvalue weighted by atomic mass is 16.5. The van der Waals surface area contributed by atoms with Gasteiger partial charge in [0, 0.05) is 49.8 Å². The average Bonchev–Trinajstić information content (AvgIpc) is 3.47. The van der Waals surface area contributed by atoms with Crippen molar-refractivity contribution >= 4 is 16.8 Å². The Morgan fingerprint density at radius 1 is 1.21 bits per heavy atom. The van der Waals surface area contributed by atoms with Gasteiger partial charge in [0.1, 0.15) is 0 Å². The molecule has 1 aliphatic carbocycles. The Hall–Kier alpha value is -1.85. The summed E-state index contributed by atoms with van der Waals surface area (Å²) in [6, 6.07) is 8.17. The van der Waals surface area contributed by atoms with Crippen molar-refractivity contribution in [2.75, 3.05) is 26.3 Å². The second-order valence-electron chi connectivity index (χ2n) is 8.84.